The quantitative estimate of drug-likeness (QED) is 0.466. The van der Waals surface area contributed by atoms with Crippen LogP contribution in [0.15, 0.2) is 0 Å². The number of Topliss-reactive ketones (excluding diaryl/α,β-unsaturated/α-hetero) is 1. The fourth-order valence-electron chi connectivity index (χ4n) is 1.64. The standard InChI is InChI=1S/C8H13NO3/c1-6(9(11)12)7-3-2-4-8(10)5-7/h6-7H,2-5H2,1H3/t6-,7-/m0/s1. The summed E-state index contributed by atoms with van der Waals surface area (Å²) in [5.74, 6) is 0.154. The fourth-order valence-corrected chi connectivity index (χ4v) is 1.64. The number of nitro groups is 1. The van der Waals surface area contributed by atoms with Gasteiger partial charge in [0.05, 0.1) is 0 Å². The Morgan fingerprint density at radius 1 is 1.67 bits per heavy atom. The van der Waals surface area contributed by atoms with E-state index in [-0.39, 0.29) is 16.6 Å². The van der Waals surface area contributed by atoms with Crippen molar-refractivity contribution in [1.29, 1.82) is 0 Å². The highest BCUT2D eigenvalue weighted by Crippen LogP contribution is 2.25. The van der Waals surface area contributed by atoms with Gasteiger partial charge in [-0.25, -0.2) is 0 Å². The van der Waals surface area contributed by atoms with Gasteiger partial charge in [-0.1, -0.05) is 0 Å². The number of ketones is 1. The van der Waals surface area contributed by atoms with E-state index in [4.69, 9.17) is 0 Å². The lowest BCUT2D eigenvalue weighted by molar-refractivity contribution is -0.528. The molecule has 0 unspecified atom stereocenters. The Kier molecular flexibility index (Phi) is 2.78. The summed E-state index contributed by atoms with van der Waals surface area (Å²) in [6, 6.07) is -0.561. The summed E-state index contributed by atoms with van der Waals surface area (Å²) in [6.45, 7) is 1.59. The van der Waals surface area contributed by atoms with Gasteiger partial charge in [-0.15, -0.1) is 0 Å². The maximum atomic E-state index is 11.0. The van der Waals surface area contributed by atoms with Crippen molar-refractivity contribution in [3.8, 4) is 0 Å². The number of carbonyl (C=O) groups excluding carboxylic acids is 1. The lowest BCUT2D eigenvalue weighted by Gasteiger charge is -2.21. The molecule has 68 valence electrons. The Bertz CT molecular complexity index is 200. The first-order valence-electron chi connectivity index (χ1n) is 4.26. The predicted octanol–water partition coefficient (Wildman–Crippen LogP) is 1.41. The van der Waals surface area contributed by atoms with Crippen LogP contribution in [0.25, 0.3) is 0 Å². The van der Waals surface area contributed by atoms with Crippen LogP contribution in [0.2, 0.25) is 0 Å². The normalized spacial score (nSPS) is 26.8. The SMILES string of the molecule is C[C@@H]([C@H]1CCCC(=O)C1)[N+](=O)[O-]. The monoisotopic (exact) mass is 171 g/mol. The van der Waals surface area contributed by atoms with Crippen LogP contribution in [0.5, 0.6) is 0 Å². The number of hydrogen-bond donors (Lipinski definition) is 0. The van der Waals surface area contributed by atoms with Crippen LogP contribution in [0.4, 0.5) is 0 Å². The molecule has 1 aliphatic carbocycles. The summed E-state index contributed by atoms with van der Waals surface area (Å²) in [5.41, 5.74) is 0. The molecule has 4 nitrogen and oxygen atoms in total. The molecule has 0 heterocycles. The van der Waals surface area contributed by atoms with E-state index >= 15 is 0 Å². The van der Waals surface area contributed by atoms with Gasteiger partial charge < -0.3 is 0 Å². The molecule has 1 rings (SSSR count). The number of rotatable bonds is 2. The molecule has 1 aliphatic rings. The second kappa shape index (κ2) is 3.65. The minimum Gasteiger partial charge on any atom is -0.300 e. The maximum absolute atomic E-state index is 11.0. The van der Waals surface area contributed by atoms with Crippen LogP contribution in [0.1, 0.15) is 32.6 Å². The second-order valence-corrected chi connectivity index (χ2v) is 3.42. The summed E-state index contributed by atoms with van der Waals surface area (Å²) in [5, 5.41) is 10.4. The molecule has 0 aromatic rings. The number of hydrogen-bond acceptors (Lipinski definition) is 3. The Morgan fingerprint density at radius 3 is 2.83 bits per heavy atom. The van der Waals surface area contributed by atoms with Gasteiger partial charge in [0.15, 0.2) is 0 Å². The molecule has 0 aromatic carbocycles. The van der Waals surface area contributed by atoms with Gasteiger partial charge >= 0.3 is 0 Å². The molecule has 2 atom stereocenters. The van der Waals surface area contributed by atoms with Crippen LogP contribution in [0, 0.1) is 16.0 Å². The Hall–Kier alpha value is -0.930. The van der Waals surface area contributed by atoms with Crippen molar-refractivity contribution < 1.29 is 9.72 Å². The van der Waals surface area contributed by atoms with Gasteiger partial charge in [0.25, 0.3) is 0 Å². The zero-order valence-electron chi connectivity index (χ0n) is 7.16. The third-order valence-electron chi connectivity index (χ3n) is 2.54. The largest absolute Gasteiger partial charge is 0.300 e. The highest BCUT2D eigenvalue weighted by atomic mass is 16.6. The van der Waals surface area contributed by atoms with Crippen LogP contribution >= 0.6 is 0 Å². The Labute approximate surface area is 71.1 Å². The van der Waals surface area contributed by atoms with Crippen LogP contribution in [-0.4, -0.2) is 16.7 Å². The molecule has 0 bridgehead atoms. The molecule has 0 N–H and O–H groups in total. The lowest BCUT2D eigenvalue weighted by atomic mass is 9.84. The first-order chi connectivity index (χ1) is 5.61. The Morgan fingerprint density at radius 2 is 2.33 bits per heavy atom. The van der Waals surface area contributed by atoms with E-state index in [1.165, 1.54) is 0 Å². The van der Waals surface area contributed by atoms with E-state index in [0.29, 0.717) is 12.8 Å². The highest BCUT2D eigenvalue weighted by Gasteiger charge is 2.30. The van der Waals surface area contributed by atoms with Crippen molar-refractivity contribution in [2.45, 2.75) is 38.6 Å². The molecule has 0 radical (unpaired) electrons. The summed E-state index contributed by atoms with van der Waals surface area (Å²) >= 11 is 0. The van der Waals surface area contributed by atoms with Crippen molar-refractivity contribution in [3.63, 3.8) is 0 Å². The topological polar surface area (TPSA) is 60.2 Å². The first kappa shape index (κ1) is 9.16. The summed E-state index contributed by atoms with van der Waals surface area (Å²) in [7, 11) is 0. The first-order valence-corrected chi connectivity index (χ1v) is 4.26. The van der Waals surface area contributed by atoms with Crippen molar-refractivity contribution in [2.24, 2.45) is 5.92 Å². The molecule has 0 aliphatic heterocycles. The van der Waals surface area contributed by atoms with Gasteiger partial charge in [-0.2, -0.15) is 0 Å². The molecule has 1 fully saturated rings. The second-order valence-electron chi connectivity index (χ2n) is 3.42. The van der Waals surface area contributed by atoms with Crippen LogP contribution in [0.3, 0.4) is 0 Å². The van der Waals surface area contributed by atoms with E-state index in [1.54, 1.807) is 6.92 Å². The summed E-state index contributed by atoms with van der Waals surface area (Å²) in [6.07, 6.45) is 2.67. The van der Waals surface area contributed by atoms with Gasteiger partial charge in [0, 0.05) is 30.6 Å². The average Bonchev–Trinajstić information content (AvgIpc) is 2.03. The Balaban J connectivity index is 2.51. The molecule has 1 saturated carbocycles. The van der Waals surface area contributed by atoms with Gasteiger partial charge in [-0.3, -0.25) is 14.9 Å². The number of carbonyl (C=O) groups is 1. The minimum atomic E-state index is -0.561. The molecular formula is C8H13NO3. The van der Waals surface area contributed by atoms with Crippen molar-refractivity contribution in [2.75, 3.05) is 0 Å². The summed E-state index contributed by atoms with van der Waals surface area (Å²) < 4.78 is 0. The van der Waals surface area contributed by atoms with Crippen LogP contribution < -0.4 is 0 Å². The molecule has 0 saturated heterocycles. The van der Waals surface area contributed by atoms with E-state index in [9.17, 15) is 14.9 Å². The van der Waals surface area contributed by atoms with Crippen molar-refractivity contribution in [1.82, 2.24) is 0 Å². The highest BCUT2D eigenvalue weighted by molar-refractivity contribution is 5.79. The number of nitrogens with zero attached hydrogens (tertiary/aromatic N) is 1. The van der Waals surface area contributed by atoms with Gasteiger partial charge in [-0.05, 0) is 12.8 Å². The predicted molar refractivity (Wildman–Crippen MR) is 43.4 cm³/mol. The van der Waals surface area contributed by atoms with Gasteiger partial charge in [0.2, 0.25) is 6.04 Å². The fraction of sp³-hybridized carbons (Fsp3) is 0.875. The van der Waals surface area contributed by atoms with E-state index in [2.05, 4.69) is 0 Å². The average molecular weight is 171 g/mol. The zero-order valence-corrected chi connectivity index (χ0v) is 7.16. The zero-order chi connectivity index (χ0) is 9.14. The van der Waals surface area contributed by atoms with E-state index in [0.717, 1.165) is 12.8 Å². The van der Waals surface area contributed by atoms with Gasteiger partial charge in [0.1, 0.15) is 5.78 Å². The molecule has 4 heteroatoms. The van der Waals surface area contributed by atoms with Crippen LogP contribution in [-0.2, 0) is 4.79 Å². The maximum Gasteiger partial charge on any atom is 0.213 e. The molecule has 0 amide bonds. The minimum absolute atomic E-state index is 0.0266. The molecule has 0 aromatic heterocycles. The smallest absolute Gasteiger partial charge is 0.213 e. The third kappa shape index (κ3) is 2.03. The van der Waals surface area contributed by atoms with E-state index in [1.807, 2.05) is 0 Å². The molecule has 12 heavy (non-hydrogen) atoms. The van der Waals surface area contributed by atoms with E-state index < -0.39 is 6.04 Å². The van der Waals surface area contributed by atoms with Crippen molar-refractivity contribution >= 4 is 5.78 Å². The lowest BCUT2D eigenvalue weighted by Crippen LogP contribution is -2.30. The van der Waals surface area contributed by atoms with Crippen molar-refractivity contribution in [3.05, 3.63) is 10.1 Å². The molecule has 0 spiro atoms. The third-order valence-corrected chi connectivity index (χ3v) is 2.54. The molecular weight excluding hydrogens is 158 g/mol. The summed E-state index contributed by atoms with van der Waals surface area (Å²) in [4.78, 5) is 21.1.